The van der Waals surface area contributed by atoms with Crippen molar-refractivity contribution in [1.29, 1.82) is 0 Å². The first-order valence-electron chi connectivity index (χ1n) is 12.2. The van der Waals surface area contributed by atoms with Crippen molar-refractivity contribution in [1.82, 2.24) is 10.2 Å². The molecule has 5 heteroatoms. The zero-order valence-corrected chi connectivity index (χ0v) is 19.2. The van der Waals surface area contributed by atoms with Crippen LogP contribution in [0.3, 0.4) is 0 Å². The molecule has 6 rings (SSSR count). The van der Waals surface area contributed by atoms with E-state index in [4.69, 9.17) is 0 Å². The monoisotopic (exact) mass is 464 g/mol. The Labute approximate surface area is 199 Å². The van der Waals surface area contributed by atoms with Crippen molar-refractivity contribution in [3.05, 3.63) is 107 Å². The third kappa shape index (κ3) is 4.64. The zero-order valence-electron chi connectivity index (χ0n) is 19.2. The maximum Gasteiger partial charge on any atom is 0.301 e. The minimum Gasteiger partial charge on any atom is -0.308 e. The molecule has 3 aliphatic heterocycles. The van der Waals surface area contributed by atoms with Crippen molar-refractivity contribution in [2.75, 3.05) is 19.8 Å². The van der Waals surface area contributed by atoms with Gasteiger partial charge in [0.1, 0.15) is 0 Å². The molecular formula is C29H31F3N2. The summed E-state index contributed by atoms with van der Waals surface area (Å²) in [5.41, 5.74) is 3.30. The summed E-state index contributed by atoms with van der Waals surface area (Å²) in [4.78, 5) is 2.63. The van der Waals surface area contributed by atoms with E-state index in [1.807, 2.05) is 0 Å². The molecule has 0 aromatic heterocycles. The number of halogens is 3. The molecule has 1 N–H and O–H groups in total. The molecule has 0 spiro atoms. The topological polar surface area (TPSA) is 15.3 Å². The van der Waals surface area contributed by atoms with Crippen molar-refractivity contribution in [3.63, 3.8) is 0 Å². The van der Waals surface area contributed by atoms with Gasteiger partial charge in [-0.3, -0.25) is 4.90 Å². The predicted octanol–water partition coefficient (Wildman–Crippen LogP) is 6.13. The highest BCUT2D eigenvalue weighted by molar-refractivity contribution is 5.36. The third-order valence-corrected chi connectivity index (χ3v) is 7.62. The predicted molar refractivity (Wildman–Crippen MR) is 130 cm³/mol. The van der Waals surface area contributed by atoms with Gasteiger partial charge in [0.2, 0.25) is 0 Å². The fourth-order valence-corrected chi connectivity index (χ4v) is 5.88. The molecule has 2 bridgehead atoms. The van der Waals surface area contributed by atoms with Crippen molar-refractivity contribution in [2.24, 2.45) is 5.92 Å². The number of hydrogen-bond donors (Lipinski definition) is 1. The van der Waals surface area contributed by atoms with Gasteiger partial charge in [0, 0.05) is 30.1 Å². The van der Waals surface area contributed by atoms with Gasteiger partial charge in [-0.05, 0) is 48.5 Å². The van der Waals surface area contributed by atoms with Crippen LogP contribution in [0, 0.1) is 5.92 Å². The summed E-state index contributed by atoms with van der Waals surface area (Å²) < 4.78 is 40.0. The van der Waals surface area contributed by atoms with Gasteiger partial charge in [0.15, 0.2) is 6.67 Å². The minimum absolute atomic E-state index is 0.244. The largest absolute Gasteiger partial charge is 0.308 e. The summed E-state index contributed by atoms with van der Waals surface area (Å²) in [7, 11) is 0. The summed E-state index contributed by atoms with van der Waals surface area (Å²) >= 11 is 0. The van der Waals surface area contributed by atoms with Gasteiger partial charge in [0.05, 0.1) is 0 Å². The molecule has 0 aliphatic carbocycles. The molecule has 2 nitrogen and oxygen atoms in total. The highest BCUT2D eigenvalue weighted by Gasteiger charge is 2.46. The van der Waals surface area contributed by atoms with Crippen molar-refractivity contribution < 1.29 is 13.2 Å². The first kappa shape index (κ1) is 23.1. The Balaban J connectivity index is 1.41. The molecule has 3 aliphatic rings. The van der Waals surface area contributed by atoms with Gasteiger partial charge in [-0.1, -0.05) is 84.9 Å². The van der Waals surface area contributed by atoms with Gasteiger partial charge in [0.25, 0.3) is 0 Å². The van der Waals surface area contributed by atoms with Gasteiger partial charge >= 0.3 is 5.92 Å². The number of rotatable bonds is 8. The summed E-state index contributed by atoms with van der Waals surface area (Å²) in [5, 5.41) is 3.81. The van der Waals surface area contributed by atoms with E-state index in [9.17, 15) is 13.2 Å². The summed E-state index contributed by atoms with van der Waals surface area (Å²) in [6.07, 6.45) is 2.35. The lowest BCUT2D eigenvalue weighted by Gasteiger charge is -2.54. The van der Waals surface area contributed by atoms with Crippen LogP contribution < -0.4 is 5.32 Å². The molecule has 178 valence electrons. The first-order valence-corrected chi connectivity index (χ1v) is 12.2. The Bertz CT molecular complexity index is 1010. The normalized spacial score (nSPS) is 24.5. The Morgan fingerprint density at radius 3 is 1.91 bits per heavy atom. The second kappa shape index (κ2) is 9.93. The van der Waals surface area contributed by atoms with E-state index in [1.165, 1.54) is 36.1 Å². The number of hydrogen-bond acceptors (Lipinski definition) is 2. The lowest BCUT2D eigenvalue weighted by atomic mass is 9.70. The SMILES string of the molecule is FCC(F)(F)c1ccc(CNC2C3CCN(CC3)C2C(c2ccccc2)c2ccccc2)cc1. The molecule has 2 atom stereocenters. The van der Waals surface area contributed by atoms with Crippen LogP contribution in [0.1, 0.15) is 41.0 Å². The number of piperidine rings is 3. The maximum atomic E-state index is 13.7. The molecular weight excluding hydrogens is 433 g/mol. The van der Waals surface area contributed by atoms with Crippen LogP contribution in [0.15, 0.2) is 84.9 Å². The molecule has 2 unspecified atom stereocenters. The Morgan fingerprint density at radius 2 is 1.38 bits per heavy atom. The molecule has 3 fully saturated rings. The van der Waals surface area contributed by atoms with Crippen LogP contribution in [0.25, 0.3) is 0 Å². The standard InChI is InChI=1S/C29H31F3N2/c30-20-29(31,32)25-13-11-21(12-14-25)19-33-27-24-15-17-34(18-16-24)28(27)26(22-7-3-1-4-8-22)23-9-5-2-6-10-23/h1-14,24,26-28,33H,15-20H2. The van der Waals surface area contributed by atoms with Gasteiger partial charge in [-0.2, -0.15) is 8.78 Å². The van der Waals surface area contributed by atoms with E-state index in [2.05, 4.69) is 70.9 Å². The molecule has 34 heavy (non-hydrogen) atoms. The number of benzene rings is 3. The highest BCUT2D eigenvalue weighted by atomic mass is 19.3. The second-order valence-corrected chi connectivity index (χ2v) is 9.60. The quantitative estimate of drug-likeness (QED) is 0.431. The van der Waals surface area contributed by atoms with Crippen LogP contribution in [-0.2, 0) is 12.5 Å². The number of nitrogens with zero attached hydrogens (tertiary/aromatic N) is 1. The molecule has 0 radical (unpaired) electrons. The van der Waals surface area contributed by atoms with E-state index in [1.54, 1.807) is 12.1 Å². The average molecular weight is 465 g/mol. The third-order valence-electron chi connectivity index (χ3n) is 7.62. The van der Waals surface area contributed by atoms with E-state index >= 15 is 0 Å². The summed E-state index contributed by atoms with van der Waals surface area (Å²) in [6, 6.07) is 28.1. The highest BCUT2D eigenvalue weighted by Crippen LogP contribution is 2.42. The Morgan fingerprint density at radius 1 is 0.824 bits per heavy atom. The van der Waals surface area contributed by atoms with Crippen LogP contribution in [0.4, 0.5) is 13.2 Å². The fraction of sp³-hybridized carbons (Fsp3) is 0.379. The smallest absolute Gasteiger partial charge is 0.301 e. The van der Waals surface area contributed by atoms with Gasteiger partial charge in [-0.15, -0.1) is 0 Å². The number of fused-ring (bicyclic) bond motifs is 3. The lowest BCUT2D eigenvalue weighted by Crippen LogP contribution is -2.64. The van der Waals surface area contributed by atoms with Crippen LogP contribution in [0.2, 0.25) is 0 Å². The molecule has 0 amide bonds. The molecule has 3 aromatic carbocycles. The van der Waals surface area contributed by atoms with E-state index in [0.29, 0.717) is 24.5 Å². The Kier molecular flexibility index (Phi) is 6.75. The van der Waals surface area contributed by atoms with E-state index in [0.717, 1.165) is 18.7 Å². The molecule has 3 aromatic rings. The van der Waals surface area contributed by atoms with Crippen LogP contribution >= 0.6 is 0 Å². The van der Waals surface area contributed by atoms with E-state index < -0.39 is 12.6 Å². The lowest BCUT2D eigenvalue weighted by molar-refractivity contribution is -0.0281. The van der Waals surface area contributed by atoms with Crippen molar-refractivity contribution >= 4 is 0 Å². The van der Waals surface area contributed by atoms with E-state index in [-0.39, 0.29) is 11.5 Å². The molecule has 0 saturated carbocycles. The van der Waals surface area contributed by atoms with Crippen molar-refractivity contribution in [3.8, 4) is 0 Å². The van der Waals surface area contributed by atoms with Crippen molar-refractivity contribution in [2.45, 2.75) is 43.3 Å². The van der Waals surface area contributed by atoms with Gasteiger partial charge in [-0.25, -0.2) is 4.39 Å². The maximum absolute atomic E-state index is 13.7. The molecule has 3 saturated heterocycles. The summed E-state index contributed by atoms with van der Waals surface area (Å²) in [6.45, 7) is 1.14. The zero-order chi connectivity index (χ0) is 23.5. The fourth-order valence-electron chi connectivity index (χ4n) is 5.88. The number of nitrogens with one attached hydrogen (secondary N) is 1. The molecule has 3 heterocycles. The van der Waals surface area contributed by atoms with Crippen LogP contribution in [-0.4, -0.2) is 36.7 Å². The average Bonchev–Trinajstić information content (AvgIpc) is 2.90. The number of alkyl halides is 3. The second-order valence-electron chi connectivity index (χ2n) is 9.60. The first-order chi connectivity index (χ1) is 16.6. The van der Waals surface area contributed by atoms with Crippen LogP contribution in [0.5, 0.6) is 0 Å². The summed E-state index contributed by atoms with van der Waals surface area (Å²) in [5.74, 6) is -2.60. The Hall–Kier alpha value is -2.63. The minimum atomic E-state index is -3.43. The van der Waals surface area contributed by atoms with Gasteiger partial charge < -0.3 is 5.32 Å².